The molecule has 0 saturated carbocycles. The van der Waals surface area contributed by atoms with Gasteiger partial charge < -0.3 is 9.84 Å². The summed E-state index contributed by atoms with van der Waals surface area (Å²) in [4.78, 5) is 4.28. The van der Waals surface area contributed by atoms with Crippen LogP contribution in [-0.2, 0) is 0 Å². The molecule has 106 valence electrons. The molecule has 0 aliphatic rings. The van der Waals surface area contributed by atoms with Crippen molar-refractivity contribution in [3.8, 4) is 5.75 Å². The molecular weight excluding hydrogens is 386 g/mol. The van der Waals surface area contributed by atoms with E-state index in [0.29, 0.717) is 18.1 Å². The lowest BCUT2D eigenvalue weighted by Gasteiger charge is -2.16. The highest BCUT2D eigenvalue weighted by atomic mass is 79.9. The summed E-state index contributed by atoms with van der Waals surface area (Å²) >= 11 is 6.78. The van der Waals surface area contributed by atoms with Crippen LogP contribution in [0.1, 0.15) is 30.7 Å². The number of nitrogens with zero attached hydrogens (tertiary/aromatic N) is 1. The molecule has 1 aromatic carbocycles. The molecule has 1 N–H and O–H groups in total. The second-order valence-corrected chi connectivity index (χ2v) is 6.08. The van der Waals surface area contributed by atoms with Crippen LogP contribution in [0, 0.1) is 0 Å². The van der Waals surface area contributed by atoms with Crippen molar-refractivity contribution in [2.45, 2.75) is 19.4 Å². The molecule has 0 amide bonds. The van der Waals surface area contributed by atoms with Crippen molar-refractivity contribution in [2.75, 3.05) is 6.61 Å². The minimum Gasteiger partial charge on any atom is -0.493 e. The highest BCUT2D eigenvalue weighted by molar-refractivity contribution is 9.11. The van der Waals surface area contributed by atoms with Gasteiger partial charge in [0.25, 0.3) is 0 Å². The third-order valence-electron chi connectivity index (χ3n) is 2.77. The first-order valence-electron chi connectivity index (χ1n) is 6.34. The highest BCUT2D eigenvalue weighted by Gasteiger charge is 2.19. The number of hydrogen-bond acceptors (Lipinski definition) is 3. The summed E-state index contributed by atoms with van der Waals surface area (Å²) in [5, 5.41) is 10.6. The standard InChI is InChI=1S/C15H15Br2NO2/c1-2-7-20-13-6-4-3-5-11(13)15(19)14-12(17)8-10(16)9-18-14/h3-6,8-9,15,19H,2,7H2,1H3. The molecule has 2 rings (SSSR count). The third-order valence-corrected chi connectivity index (χ3v) is 3.84. The molecule has 1 heterocycles. The lowest BCUT2D eigenvalue weighted by Crippen LogP contribution is -2.07. The van der Waals surface area contributed by atoms with Crippen LogP contribution in [0.4, 0.5) is 0 Å². The molecule has 1 aromatic heterocycles. The average Bonchev–Trinajstić information content (AvgIpc) is 2.45. The average molecular weight is 401 g/mol. The molecule has 1 atom stereocenters. The lowest BCUT2D eigenvalue weighted by atomic mass is 10.0. The van der Waals surface area contributed by atoms with Gasteiger partial charge in [-0.1, -0.05) is 25.1 Å². The van der Waals surface area contributed by atoms with Gasteiger partial charge in [0.1, 0.15) is 11.9 Å². The number of hydrogen-bond donors (Lipinski definition) is 1. The fraction of sp³-hybridized carbons (Fsp3) is 0.267. The number of aliphatic hydroxyl groups is 1. The fourth-order valence-electron chi connectivity index (χ4n) is 1.82. The first-order valence-corrected chi connectivity index (χ1v) is 7.92. The van der Waals surface area contributed by atoms with Gasteiger partial charge in [0.2, 0.25) is 0 Å². The predicted octanol–water partition coefficient (Wildman–Crippen LogP) is 4.48. The van der Waals surface area contributed by atoms with Crippen molar-refractivity contribution in [3.05, 3.63) is 56.7 Å². The molecule has 0 spiro atoms. The van der Waals surface area contributed by atoms with E-state index >= 15 is 0 Å². The quantitative estimate of drug-likeness (QED) is 0.804. The van der Waals surface area contributed by atoms with Crippen molar-refractivity contribution in [2.24, 2.45) is 0 Å². The van der Waals surface area contributed by atoms with E-state index in [1.165, 1.54) is 0 Å². The SMILES string of the molecule is CCCOc1ccccc1C(O)c1ncc(Br)cc1Br. The Morgan fingerprint density at radius 3 is 2.75 bits per heavy atom. The van der Waals surface area contributed by atoms with E-state index in [9.17, 15) is 5.11 Å². The van der Waals surface area contributed by atoms with Gasteiger partial charge in [0, 0.05) is 20.7 Å². The molecule has 2 aromatic rings. The molecule has 5 heteroatoms. The summed E-state index contributed by atoms with van der Waals surface area (Å²) < 4.78 is 7.29. The van der Waals surface area contributed by atoms with E-state index in [1.807, 2.05) is 37.3 Å². The van der Waals surface area contributed by atoms with Gasteiger partial charge in [-0.3, -0.25) is 4.98 Å². The zero-order valence-electron chi connectivity index (χ0n) is 11.0. The Morgan fingerprint density at radius 1 is 1.30 bits per heavy atom. The van der Waals surface area contributed by atoms with E-state index in [-0.39, 0.29) is 0 Å². The molecule has 0 aliphatic heterocycles. The molecule has 0 fully saturated rings. The summed E-state index contributed by atoms with van der Waals surface area (Å²) in [6, 6.07) is 9.35. The Morgan fingerprint density at radius 2 is 2.05 bits per heavy atom. The van der Waals surface area contributed by atoms with Crippen LogP contribution >= 0.6 is 31.9 Å². The Bertz CT molecular complexity index is 590. The number of pyridine rings is 1. The van der Waals surface area contributed by atoms with Gasteiger partial charge in [0.05, 0.1) is 12.3 Å². The molecule has 3 nitrogen and oxygen atoms in total. The van der Waals surface area contributed by atoms with Crippen molar-refractivity contribution >= 4 is 31.9 Å². The fourth-order valence-corrected chi connectivity index (χ4v) is 3.03. The van der Waals surface area contributed by atoms with Crippen LogP contribution in [0.3, 0.4) is 0 Å². The second-order valence-electron chi connectivity index (χ2n) is 4.31. The van der Waals surface area contributed by atoms with E-state index in [0.717, 1.165) is 20.9 Å². The number of rotatable bonds is 5. The van der Waals surface area contributed by atoms with Crippen molar-refractivity contribution in [3.63, 3.8) is 0 Å². The third kappa shape index (κ3) is 3.59. The Kier molecular flexibility index (Phi) is 5.57. The van der Waals surface area contributed by atoms with Crippen molar-refractivity contribution in [1.29, 1.82) is 0 Å². The molecule has 0 radical (unpaired) electrons. The Balaban J connectivity index is 2.35. The molecule has 20 heavy (non-hydrogen) atoms. The zero-order chi connectivity index (χ0) is 14.5. The maximum Gasteiger partial charge on any atom is 0.126 e. The lowest BCUT2D eigenvalue weighted by molar-refractivity contribution is 0.205. The predicted molar refractivity (Wildman–Crippen MR) is 85.9 cm³/mol. The number of aromatic nitrogens is 1. The summed E-state index contributed by atoms with van der Waals surface area (Å²) in [6.07, 6.45) is 1.76. The minimum atomic E-state index is -0.828. The molecule has 1 unspecified atom stereocenters. The topological polar surface area (TPSA) is 42.4 Å². The van der Waals surface area contributed by atoms with Crippen LogP contribution in [0.15, 0.2) is 45.5 Å². The Hall–Kier alpha value is -0.910. The summed E-state index contributed by atoms with van der Waals surface area (Å²) in [5.41, 5.74) is 1.29. The molecule has 0 bridgehead atoms. The number of halogens is 2. The van der Waals surface area contributed by atoms with E-state index in [1.54, 1.807) is 6.20 Å². The van der Waals surface area contributed by atoms with Crippen molar-refractivity contribution < 1.29 is 9.84 Å². The first-order chi connectivity index (χ1) is 9.63. The summed E-state index contributed by atoms with van der Waals surface area (Å²) in [6.45, 7) is 2.67. The Labute approximate surface area is 135 Å². The number of benzene rings is 1. The molecular formula is C15H15Br2NO2. The molecule has 0 saturated heterocycles. The number of aliphatic hydroxyl groups excluding tert-OH is 1. The number of ether oxygens (including phenoxy) is 1. The monoisotopic (exact) mass is 399 g/mol. The highest BCUT2D eigenvalue weighted by Crippen LogP contribution is 2.33. The smallest absolute Gasteiger partial charge is 0.126 e. The normalized spacial score (nSPS) is 12.2. The largest absolute Gasteiger partial charge is 0.493 e. The van der Waals surface area contributed by atoms with Crippen LogP contribution in [0.2, 0.25) is 0 Å². The van der Waals surface area contributed by atoms with Gasteiger partial charge >= 0.3 is 0 Å². The van der Waals surface area contributed by atoms with Gasteiger partial charge in [-0.15, -0.1) is 0 Å². The summed E-state index contributed by atoms with van der Waals surface area (Å²) in [7, 11) is 0. The maximum atomic E-state index is 10.6. The van der Waals surface area contributed by atoms with Crippen molar-refractivity contribution in [1.82, 2.24) is 4.98 Å². The van der Waals surface area contributed by atoms with Crippen LogP contribution in [0.25, 0.3) is 0 Å². The minimum absolute atomic E-state index is 0.570. The van der Waals surface area contributed by atoms with E-state index in [2.05, 4.69) is 36.8 Å². The second kappa shape index (κ2) is 7.20. The van der Waals surface area contributed by atoms with E-state index in [4.69, 9.17) is 4.74 Å². The van der Waals surface area contributed by atoms with Crippen LogP contribution in [0.5, 0.6) is 5.75 Å². The first kappa shape index (κ1) is 15.5. The van der Waals surface area contributed by atoms with Crippen LogP contribution in [-0.4, -0.2) is 16.7 Å². The maximum absolute atomic E-state index is 10.6. The zero-order valence-corrected chi connectivity index (χ0v) is 14.2. The van der Waals surface area contributed by atoms with Crippen LogP contribution < -0.4 is 4.74 Å². The van der Waals surface area contributed by atoms with Gasteiger partial charge in [0.15, 0.2) is 0 Å². The summed E-state index contributed by atoms with van der Waals surface area (Å²) in [5.74, 6) is 0.693. The van der Waals surface area contributed by atoms with Gasteiger partial charge in [-0.25, -0.2) is 0 Å². The van der Waals surface area contributed by atoms with Gasteiger partial charge in [-0.2, -0.15) is 0 Å². The molecule has 0 aliphatic carbocycles. The van der Waals surface area contributed by atoms with Gasteiger partial charge in [-0.05, 0) is 50.4 Å². The number of para-hydroxylation sites is 1. The van der Waals surface area contributed by atoms with E-state index < -0.39 is 6.10 Å².